The fraction of sp³-hybridized carbons (Fsp3) is 0.333. The molecule has 0 bridgehead atoms. The molecule has 1 aromatic rings. The number of carboxylic acids is 1. The van der Waals surface area contributed by atoms with Crippen molar-refractivity contribution in [2.45, 2.75) is 24.7 Å². The Morgan fingerprint density at radius 3 is 2.63 bits per heavy atom. The molecule has 0 atom stereocenters. The summed E-state index contributed by atoms with van der Waals surface area (Å²) in [5.74, 6) is -1.36. The van der Waals surface area contributed by atoms with Gasteiger partial charge in [0.2, 0.25) is 0 Å². The minimum absolute atomic E-state index is 0.00258. The van der Waals surface area contributed by atoms with Crippen molar-refractivity contribution in [3.8, 4) is 6.07 Å². The molecule has 0 unspecified atom stereocenters. The molecule has 0 saturated heterocycles. The number of aromatic carboxylic acids is 1. The maximum atomic E-state index is 12.1. The van der Waals surface area contributed by atoms with Gasteiger partial charge in [-0.05, 0) is 31.0 Å². The van der Waals surface area contributed by atoms with E-state index >= 15 is 0 Å². The molecular weight excluding hydrogens is 334 g/mol. The topological polar surface area (TPSA) is 95.2 Å². The van der Waals surface area contributed by atoms with E-state index in [1.807, 2.05) is 6.07 Å². The number of carbonyl (C=O) groups is 1. The zero-order valence-electron chi connectivity index (χ0n) is 10.2. The molecule has 0 aromatic heterocycles. The summed E-state index contributed by atoms with van der Waals surface area (Å²) in [6.45, 7) is 1.60. The first kappa shape index (κ1) is 15.7. The number of unbranched alkanes of at least 4 members (excludes halogenated alkanes) is 1. The van der Waals surface area contributed by atoms with Gasteiger partial charge in [0, 0.05) is 10.9 Å². The number of rotatable bonds is 5. The Balaban J connectivity index is 3.26. The zero-order chi connectivity index (χ0) is 14.6. The number of halogens is 1. The van der Waals surface area contributed by atoms with Crippen molar-refractivity contribution in [2.24, 2.45) is 0 Å². The van der Waals surface area contributed by atoms with Crippen molar-refractivity contribution in [1.82, 2.24) is 0 Å². The van der Waals surface area contributed by atoms with Crippen molar-refractivity contribution >= 4 is 31.7 Å². The minimum atomic E-state index is -3.59. The van der Waals surface area contributed by atoms with E-state index in [0.717, 1.165) is 6.07 Å². The summed E-state index contributed by atoms with van der Waals surface area (Å²) in [5.41, 5.74) is 0.387. The van der Waals surface area contributed by atoms with Gasteiger partial charge in [0.15, 0.2) is 9.84 Å². The smallest absolute Gasteiger partial charge is 0.335 e. The van der Waals surface area contributed by atoms with E-state index in [1.54, 1.807) is 6.92 Å². The van der Waals surface area contributed by atoms with Gasteiger partial charge in [0.1, 0.15) is 0 Å². The minimum Gasteiger partial charge on any atom is -0.478 e. The Labute approximate surface area is 119 Å². The third-order valence-electron chi connectivity index (χ3n) is 2.58. The molecule has 0 aliphatic rings. The van der Waals surface area contributed by atoms with Gasteiger partial charge < -0.3 is 5.11 Å². The first-order valence-corrected chi connectivity index (χ1v) is 7.87. The summed E-state index contributed by atoms with van der Waals surface area (Å²) >= 11 is 3.16. The second-order valence-electron chi connectivity index (χ2n) is 3.97. The van der Waals surface area contributed by atoms with Crippen LogP contribution in [0.1, 0.15) is 28.8 Å². The highest BCUT2D eigenvalue weighted by Gasteiger charge is 2.20. The van der Waals surface area contributed by atoms with Crippen LogP contribution in [-0.4, -0.2) is 25.2 Å². The maximum absolute atomic E-state index is 12.1. The van der Waals surface area contributed by atoms with Gasteiger partial charge in [0.25, 0.3) is 0 Å². The van der Waals surface area contributed by atoms with E-state index in [1.165, 1.54) is 6.07 Å². The van der Waals surface area contributed by atoms with Gasteiger partial charge in [-0.1, -0.05) is 15.9 Å². The average molecular weight is 346 g/mol. The third kappa shape index (κ3) is 3.78. The van der Waals surface area contributed by atoms with Crippen LogP contribution in [0.4, 0.5) is 0 Å². The van der Waals surface area contributed by atoms with Gasteiger partial charge in [-0.15, -0.1) is 0 Å². The summed E-state index contributed by atoms with van der Waals surface area (Å²) in [5, 5.41) is 17.4. The molecule has 0 amide bonds. The number of nitrogens with zero attached hydrogens (tertiary/aromatic N) is 1. The normalized spacial score (nSPS) is 11.0. The largest absolute Gasteiger partial charge is 0.478 e. The number of nitriles is 1. The number of sulfone groups is 1. The first-order valence-electron chi connectivity index (χ1n) is 5.42. The molecule has 102 valence electrons. The van der Waals surface area contributed by atoms with Crippen LogP contribution in [0.15, 0.2) is 21.5 Å². The van der Waals surface area contributed by atoms with Crippen LogP contribution in [0, 0.1) is 18.3 Å². The molecule has 19 heavy (non-hydrogen) atoms. The van der Waals surface area contributed by atoms with E-state index < -0.39 is 15.8 Å². The van der Waals surface area contributed by atoms with Crippen molar-refractivity contribution < 1.29 is 18.3 Å². The lowest BCUT2D eigenvalue weighted by Gasteiger charge is -2.10. The van der Waals surface area contributed by atoms with Crippen molar-refractivity contribution in [3.05, 3.63) is 27.7 Å². The van der Waals surface area contributed by atoms with Gasteiger partial charge in [-0.3, -0.25) is 0 Å². The second-order valence-corrected chi connectivity index (χ2v) is 6.90. The van der Waals surface area contributed by atoms with Gasteiger partial charge in [-0.25, -0.2) is 13.2 Å². The Hall–Kier alpha value is -1.39. The highest BCUT2D eigenvalue weighted by atomic mass is 79.9. The highest BCUT2D eigenvalue weighted by molar-refractivity contribution is 9.10. The standard InChI is InChI=1S/C12H12BrNO4S/c1-8-10(13)6-9(12(15)16)7-11(8)19(17,18)5-3-2-4-14/h6-7H,2-3,5H2,1H3,(H,15,16). The average Bonchev–Trinajstić information content (AvgIpc) is 2.32. The van der Waals surface area contributed by atoms with E-state index in [0.29, 0.717) is 10.0 Å². The molecule has 0 saturated carbocycles. The lowest BCUT2D eigenvalue weighted by atomic mass is 10.1. The quantitative estimate of drug-likeness (QED) is 0.827. The van der Waals surface area contributed by atoms with Crippen LogP contribution in [-0.2, 0) is 9.84 Å². The monoisotopic (exact) mass is 345 g/mol. The molecule has 0 radical (unpaired) electrons. The predicted molar refractivity (Wildman–Crippen MR) is 72.7 cm³/mol. The summed E-state index contributed by atoms with van der Waals surface area (Å²) in [6, 6.07) is 4.40. The van der Waals surface area contributed by atoms with Crippen LogP contribution >= 0.6 is 15.9 Å². The van der Waals surface area contributed by atoms with Crippen LogP contribution in [0.25, 0.3) is 0 Å². The van der Waals surface area contributed by atoms with E-state index in [9.17, 15) is 13.2 Å². The van der Waals surface area contributed by atoms with E-state index in [2.05, 4.69) is 15.9 Å². The highest BCUT2D eigenvalue weighted by Crippen LogP contribution is 2.27. The van der Waals surface area contributed by atoms with Crippen molar-refractivity contribution in [2.75, 3.05) is 5.75 Å². The number of benzene rings is 1. The number of carboxylic acid groups (broad SMARTS) is 1. The number of hydrogen-bond donors (Lipinski definition) is 1. The lowest BCUT2D eigenvalue weighted by molar-refractivity contribution is 0.0696. The molecule has 0 spiro atoms. The summed E-state index contributed by atoms with van der Waals surface area (Å²) in [7, 11) is -3.59. The second kappa shape index (κ2) is 6.17. The molecule has 7 heteroatoms. The summed E-state index contributed by atoms with van der Waals surface area (Å²) in [4.78, 5) is 10.9. The molecule has 1 rings (SSSR count). The molecule has 0 aliphatic heterocycles. The Kier molecular flexibility index (Phi) is 5.09. The molecule has 5 nitrogen and oxygen atoms in total. The first-order chi connectivity index (χ1) is 8.79. The van der Waals surface area contributed by atoms with Crippen molar-refractivity contribution in [3.63, 3.8) is 0 Å². The van der Waals surface area contributed by atoms with Crippen LogP contribution in [0.5, 0.6) is 0 Å². The maximum Gasteiger partial charge on any atom is 0.335 e. The van der Waals surface area contributed by atoms with Crippen LogP contribution < -0.4 is 0 Å². The SMILES string of the molecule is Cc1c(Br)cc(C(=O)O)cc1S(=O)(=O)CCCC#N. The fourth-order valence-corrected chi connectivity index (χ4v) is 3.77. The van der Waals surface area contributed by atoms with Crippen LogP contribution in [0.3, 0.4) is 0 Å². The van der Waals surface area contributed by atoms with Gasteiger partial charge >= 0.3 is 5.97 Å². The summed E-state index contributed by atoms with van der Waals surface area (Å²) < 4.78 is 24.7. The Morgan fingerprint density at radius 1 is 1.47 bits per heavy atom. The molecular formula is C12H12BrNO4S. The Bertz CT molecular complexity index is 646. The fourth-order valence-electron chi connectivity index (χ4n) is 1.55. The van der Waals surface area contributed by atoms with E-state index in [-0.39, 0.29) is 29.1 Å². The molecule has 1 aromatic carbocycles. The molecule has 0 fully saturated rings. The zero-order valence-corrected chi connectivity index (χ0v) is 12.6. The lowest BCUT2D eigenvalue weighted by Crippen LogP contribution is -2.10. The predicted octanol–water partition coefficient (Wildman–Crippen LogP) is 2.53. The third-order valence-corrected chi connectivity index (χ3v) is 5.32. The van der Waals surface area contributed by atoms with E-state index in [4.69, 9.17) is 10.4 Å². The van der Waals surface area contributed by atoms with Gasteiger partial charge in [-0.2, -0.15) is 5.26 Å². The Morgan fingerprint density at radius 2 is 2.11 bits per heavy atom. The van der Waals surface area contributed by atoms with Crippen molar-refractivity contribution in [1.29, 1.82) is 5.26 Å². The molecule has 1 N–H and O–H groups in total. The number of hydrogen-bond acceptors (Lipinski definition) is 4. The molecule has 0 heterocycles. The summed E-state index contributed by atoms with van der Waals surface area (Å²) in [6.07, 6.45) is 0.380. The molecule has 0 aliphatic carbocycles. The van der Waals surface area contributed by atoms with Crippen LogP contribution in [0.2, 0.25) is 0 Å². The van der Waals surface area contributed by atoms with Gasteiger partial charge in [0.05, 0.1) is 22.3 Å².